The van der Waals surface area contributed by atoms with Crippen LogP contribution in [0, 0.1) is 0 Å². The molecular weight excluding hydrogens is 184 g/mol. The molecule has 0 spiro atoms. The summed E-state index contributed by atoms with van der Waals surface area (Å²) < 4.78 is 0. The molecule has 0 bridgehead atoms. The van der Waals surface area contributed by atoms with Gasteiger partial charge in [0.05, 0.1) is 0 Å². The molecule has 0 aliphatic carbocycles. The van der Waals surface area contributed by atoms with Gasteiger partial charge >= 0.3 is 0 Å². The summed E-state index contributed by atoms with van der Waals surface area (Å²) in [6.07, 6.45) is 3.38. The van der Waals surface area contributed by atoms with E-state index in [1.165, 1.54) is 24.1 Å². The van der Waals surface area contributed by atoms with Gasteiger partial charge < -0.3 is 11.1 Å². The molecule has 1 rings (SSSR count). The van der Waals surface area contributed by atoms with Crippen LogP contribution >= 0.6 is 0 Å². The number of hydrogen-bond acceptors (Lipinski definition) is 2. The van der Waals surface area contributed by atoms with E-state index in [0.29, 0.717) is 0 Å². The smallest absolute Gasteiger partial charge is 0.0340 e. The maximum absolute atomic E-state index is 5.68. The lowest BCUT2D eigenvalue weighted by Gasteiger charge is -2.08. The normalized spacial score (nSPS) is 12.5. The standard InChI is InChI=1S/C13H22N2/c1-3-4-12-5-7-13(8-6-12)15-10-9-11(2)14/h5-8,11,15H,3-4,9-10,14H2,1-2H3. The summed E-state index contributed by atoms with van der Waals surface area (Å²) in [5.41, 5.74) is 8.28. The first-order valence-corrected chi connectivity index (χ1v) is 5.80. The van der Waals surface area contributed by atoms with Gasteiger partial charge in [0.2, 0.25) is 0 Å². The fourth-order valence-corrected chi connectivity index (χ4v) is 1.52. The Morgan fingerprint density at radius 1 is 1.27 bits per heavy atom. The second-order valence-corrected chi connectivity index (χ2v) is 4.14. The fourth-order valence-electron chi connectivity index (χ4n) is 1.52. The first-order chi connectivity index (χ1) is 7.22. The minimum absolute atomic E-state index is 0.275. The first kappa shape index (κ1) is 12.1. The lowest BCUT2D eigenvalue weighted by molar-refractivity contribution is 0.690. The molecule has 0 aliphatic rings. The van der Waals surface area contributed by atoms with Crippen LogP contribution in [0.25, 0.3) is 0 Å². The van der Waals surface area contributed by atoms with E-state index in [1.54, 1.807) is 0 Å². The SMILES string of the molecule is CCCc1ccc(NCCC(C)N)cc1. The Morgan fingerprint density at radius 3 is 2.47 bits per heavy atom. The number of nitrogens with two attached hydrogens (primary N) is 1. The Hall–Kier alpha value is -1.02. The van der Waals surface area contributed by atoms with Crippen LogP contribution in [0.15, 0.2) is 24.3 Å². The lowest BCUT2D eigenvalue weighted by atomic mass is 10.1. The number of benzene rings is 1. The lowest BCUT2D eigenvalue weighted by Crippen LogP contribution is -2.19. The van der Waals surface area contributed by atoms with E-state index in [0.717, 1.165) is 13.0 Å². The highest BCUT2D eigenvalue weighted by atomic mass is 14.9. The molecule has 1 unspecified atom stereocenters. The van der Waals surface area contributed by atoms with E-state index in [9.17, 15) is 0 Å². The number of nitrogens with one attached hydrogen (secondary N) is 1. The Kier molecular flexibility index (Phi) is 5.19. The van der Waals surface area contributed by atoms with E-state index in [-0.39, 0.29) is 6.04 Å². The maximum atomic E-state index is 5.68. The zero-order valence-corrected chi connectivity index (χ0v) is 9.79. The molecule has 2 heteroatoms. The van der Waals surface area contributed by atoms with Gasteiger partial charge in [-0.1, -0.05) is 25.5 Å². The molecule has 0 fully saturated rings. The molecule has 1 aromatic rings. The van der Waals surface area contributed by atoms with Crippen LogP contribution in [0.2, 0.25) is 0 Å². The van der Waals surface area contributed by atoms with Crippen molar-refractivity contribution in [1.82, 2.24) is 0 Å². The van der Waals surface area contributed by atoms with Gasteiger partial charge in [0.1, 0.15) is 0 Å². The van der Waals surface area contributed by atoms with E-state index in [4.69, 9.17) is 5.73 Å². The molecule has 0 heterocycles. The van der Waals surface area contributed by atoms with Crippen molar-refractivity contribution in [3.63, 3.8) is 0 Å². The number of hydrogen-bond donors (Lipinski definition) is 2. The third-order valence-corrected chi connectivity index (χ3v) is 2.42. The summed E-state index contributed by atoms with van der Waals surface area (Å²) in [6, 6.07) is 8.95. The predicted octanol–water partition coefficient (Wildman–Crippen LogP) is 2.79. The van der Waals surface area contributed by atoms with Crippen molar-refractivity contribution in [3.8, 4) is 0 Å². The van der Waals surface area contributed by atoms with Gasteiger partial charge in [0.15, 0.2) is 0 Å². The van der Waals surface area contributed by atoms with Gasteiger partial charge in [-0.05, 0) is 37.5 Å². The largest absolute Gasteiger partial charge is 0.385 e. The minimum atomic E-state index is 0.275. The average molecular weight is 206 g/mol. The Labute approximate surface area is 92.9 Å². The van der Waals surface area contributed by atoms with Gasteiger partial charge in [-0.3, -0.25) is 0 Å². The van der Waals surface area contributed by atoms with Crippen molar-refractivity contribution >= 4 is 5.69 Å². The Bertz CT molecular complexity index is 264. The summed E-state index contributed by atoms with van der Waals surface area (Å²) >= 11 is 0. The first-order valence-electron chi connectivity index (χ1n) is 5.80. The van der Waals surface area contributed by atoms with Crippen molar-refractivity contribution < 1.29 is 0 Å². The zero-order chi connectivity index (χ0) is 11.1. The van der Waals surface area contributed by atoms with E-state index in [2.05, 4.69) is 36.5 Å². The summed E-state index contributed by atoms with van der Waals surface area (Å²) in [4.78, 5) is 0. The summed E-state index contributed by atoms with van der Waals surface area (Å²) in [7, 11) is 0. The van der Waals surface area contributed by atoms with Crippen molar-refractivity contribution in [3.05, 3.63) is 29.8 Å². The molecular formula is C13H22N2. The topological polar surface area (TPSA) is 38.0 Å². The van der Waals surface area contributed by atoms with Gasteiger partial charge in [-0.2, -0.15) is 0 Å². The monoisotopic (exact) mass is 206 g/mol. The Balaban J connectivity index is 2.36. The summed E-state index contributed by atoms with van der Waals surface area (Å²) in [6.45, 7) is 5.19. The van der Waals surface area contributed by atoms with Crippen LogP contribution in [-0.4, -0.2) is 12.6 Å². The van der Waals surface area contributed by atoms with Gasteiger partial charge in [0.25, 0.3) is 0 Å². The molecule has 84 valence electrons. The van der Waals surface area contributed by atoms with Crippen molar-refractivity contribution in [1.29, 1.82) is 0 Å². The predicted molar refractivity (Wildman–Crippen MR) is 67.2 cm³/mol. The molecule has 0 saturated carbocycles. The van der Waals surface area contributed by atoms with Crippen molar-refractivity contribution in [2.24, 2.45) is 5.73 Å². The van der Waals surface area contributed by atoms with Crippen LogP contribution in [0.5, 0.6) is 0 Å². The summed E-state index contributed by atoms with van der Waals surface area (Å²) in [5, 5.41) is 3.37. The molecule has 0 aromatic heterocycles. The Morgan fingerprint density at radius 2 is 1.93 bits per heavy atom. The average Bonchev–Trinajstić information content (AvgIpc) is 2.20. The molecule has 0 radical (unpaired) electrons. The third kappa shape index (κ3) is 4.84. The fraction of sp³-hybridized carbons (Fsp3) is 0.538. The highest BCUT2D eigenvalue weighted by Gasteiger charge is 1.95. The molecule has 3 N–H and O–H groups in total. The maximum Gasteiger partial charge on any atom is 0.0340 e. The van der Waals surface area contributed by atoms with Gasteiger partial charge in [-0.15, -0.1) is 0 Å². The zero-order valence-electron chi connectivity index (χ0n) is 9.79. The van der Waals surface area contributed by atoms with Crippen molar-refractivity contribution in [2.75, 3.05) is 11.9 Å². The minimum Gasteiger partial charge on any atom is -0.385 e. The van der Waals surface area contributed by atoms with Gasteiger partial charge in [-0.25, -0.2) is 0 Å². The number of rotatable bonds is 6. The van der Waals surface area contributed by atoms with E-state index in [1.807, 2.05) is 6.92 Å². The molecule has 1 atom stereocenters. The molecule has 0 aliphatic heterocycles. The molecule has 1 aromatic carbocycles. The highest BCUT2D eigenvalue weighted by Crippen LogP contribution is 2.10. The highest BCUT2D eigenvalue weighted by molar-refractivity contribution is 5.44. The third-order valence-electron chi connectivity index (χ3n) is 2.42. The number of aryl methyl sites for hydroxylation is 1. The summed E-state index contributed by atoms with van der Waals surface area (Å²) in [5.74, 6) is 0. The van der Waals surface area contributed by atoms with Crippen LogP contribution in [0.3, 0.4) is 0 Å². The van der Waals surface area contributed by atoms with E-state index < -0.39 is 0 Å². The van der Waals surface area contributed by atoms with Crippen LogP contribution < -0.4 is 11.1 Å². The quantitative estimate of drug-likeness (QED) is 0.751. The molecule has 2 nitrogen and oxygen atoms in total. The van der Waals surface area contributed by atoms with E-state index >= 15 is 0 Å². The second-order valence-electron chi connectivity index (χ2n) is 4.14. The molecule has 0 saturated heterocycles. The van der Waals surface area contributed by atoms with Crippen molar-refractivity contribution in [2.45, 2.75) is 39.2 Å². The molecule has 15 heavy (non-hydrogen) atoms. The van der Waals surface area contributed by atoms with Crippen LogP contribution in [0.4, 0.5) is 5.69 Å². The van der Waals surface area contributed by atoms with Crippen LogP contribution in [0.1, 0.15) is 32.3 Å². The van der Waals surface area contributed by atoms with Gasteiger partial charge in [0, 0.05) is 18.3 Å². The van der Waals surface area contributed by atoms with Crippen LogP contribution in [-0.2, 0) is 6.42 Å². The molecule has 0 amide bonds. The second kappa shape index (κ2) is 6.46. The number of anilines is 1.